The maximum Gasteiger partial charge on any atom is 0.358 e. The first-order valence-corrected chi connectivity index (χ1v) is 4.38. The number of aromatic nitrogens is 1. The zero-order chi connectivity index (χ0) is 11.3. The summed E-state index contributed by atoms with van der Waals surface area (Å²) in [6.45, 7) is 1.06. The largest absolute Gasteiger partial charge is 0.476 e. The van der Waals surface area contributed by atoms with Gasteiger partial charge in [-0.2, -0.15) is 5.26 Å². The summed E-state index contributed by atoms with van der Waals surface area (Å²) in [6, 6.07) is 3.41. The maximum absolute atomic E-state index is 10.5. The molecule has 0 fully saturated rings. The molecular weight excluding hydrogens is 198 g/mol. The van der Waals surface area contributed by atoms with Crippen molar-refractivity contribution in [3.63, 3.8) is 0 Å². The normalized spacial score (nSPS) is 10.2. The number of nitrogens with zero attached hydrogens (tertiary/aromatic N) is 3. The van der Waals surface area contributed by atoms with Crippen LogP contribution >= 0.6 is 0 Å². The van der Waals surface area contributed by atoms with Crippen LogP contribution in [-0.2, 0) is 6.54 Å². The molecule has 0 saturated carbocycles. The smallest absolute Gasteiger partial charge is 0.358 e. The molecule has 6 heteroatoms. The van der Waals surface area contributed by atoms with Gasteiger partial charge < -0.3 is 9.63 Å². The fraction of sp³-hybridized carbons (Fsp3) is 0.444. The molecule has 0 aliphatic carbocycles. The lowest BCUT2D eigenvalue weighted by atomic mass is 10.3. The molecule has 0 unspecified atom stereocenters. The van der Waals surface area contributed by atoms with Crippen molar-refractivity contribution in [2.24, 2.45) is 0 Å². The molecule has 0 aliphatic rings. The van der Waals surface area contributed by atoms with Crippen molar-refractivity contribution in [2.75, 3.05) is 13.6 Å². The van der Waals surface area contributed by atoms with Gasteiger partial charge in [0.15, 0.2) is 11.5 Å². The first-order valence-electron chi connectivity index (χ1n) is 4.38. The van der Waals surface area contributed by atoms with E-state index in [1.54, 1.807) is 0 Å². The molecule has 1 heterocycles. The van der Waals surface area contributed by atoms with Crippen LogP contribution in [0.3, 0.4) is 0 Å². The van der Waals surface area contributed by atoms with Crippen LogP contribution in [0.15, 0.2) is 10.6 Å². The third-order valence-corrected chi connectivity index (χ3v) is 1.81. The van der Waals surface area contributed by atoms with Gasteiger partial charge >= 0.3 is 5.97 Å². The summed E-state index contributed by atoms with van der Waals surface area (Å²) in [7, 11) is 1.82. The van der Waals surface area contributed by atoms with Crippen molar-refractivity contribution >= 4 is 5.97 Å². The van der Waals surface area contributed by atoms with Crippen LogP contribution in [0.5, 0.6) is 0 Å². The van der Waals surface area contributed by atoms with E-state index in [1.165, 1.54) is 6.07 Å². The molecule has 1 aromatic rings. The summed E-state index contributed by atoms with van der Waals surface area (Å²) in [5.41, 5.74) is -0.0984. The molecule has 1 rings (SSSR count). The second-order valence-corrected chi connectivity index (χ2v) is 3.13. The summed E-state index contributed by atoms with van der Waals surface area (Å²) < 4.78 is 4.82. The number of nitriles is 1. The van der Waals surface area contributed by atoms with E-state index < -0.39 is 5.97 Å². The summed E-state index contributed by atoms with van der Waals surface area (Å²) in [5.74, 6) is -0.627. The Morgan fingerprint density at radius 3 is 3.07 bits per heavy atom. The lowest BCUT2D eigenvalue weighted by molar-refractivity contribution is 0.0685. The minimum Gasteiger partial charge on any atom is -0.476 e. The van der Waals surface area contributed by atoms with E-state index >= 15 is 0 Å². The van der Waals surface area contributed by atoms with E-state index in [0.717, 1.165) is 0 Å². The molecule has 0 bridgehead atoms. The molecular formula is C9H11N3O3. The standard InChI is InChI=1S/C9H11N3O3/c1-12(4-2-3-10)6-7-5-8(9(13)14)11-15-7/h5H,2,4,6H2,1H3,(H,13,14). The van der Waals surface area contributed by atoms with Gasteiger partial charge in [-0.25, -0.2) is 4.79 Å². The minimum atomic E-state index is -1.11. The Hall–Kier alpha value is -1.87. The number of carboxylic acid groups (broad SMARTS) is 1. The highest BCUT2D eigenvalue weighted by Gasteiger charge is 2.11. The fourth-order valence-electron chi connectivity index (χ4n) is 1.07. The summed E-state index contributed by atoms with van der Waals surface area (Å²) >= 11 is 0. The number of carboxylic acids is 1. The van der Waals surface area contributed by atoms with Crippen molar-refractivity contribution < 1.29 is 14.4 Å². The van der Waals surface area contributed by atoms with Crippen molar-refractivity contribution in [1.82, 2.24) is 10.1 Å². The Kier molecular flexibility index (Phi) is 3.83. The number of hydrogen-bond donors (Lipinski definition) is 1. The van der Waals surface area contributed by atoms with Gasteiger partial charge in [0.05, 0.1) is 12.6 Å². The lowest BCUT2D eigenvalue weighted by Crippen LogP contribution is -2.18. The summed E-state index contributed by atoms with van der Waals surface area (Å²) in [6.07, 6.45) is 0.427. The summed E-state index contributed by atoms with van der Waals surface area (Å²) in [4.78, 5) is 12.3. The average molecular weight is 209 g/mol. The number of rotatable bonds is 5. The second-order valence-electron chi connectivity index (χ2n) is 3.13. The molecule has 80 valence electrons. The van der Waals surface area contributed by atoms with Crippen LogP contribution in [0.1, 0.15) is 22.7 Å². The average Bonchev–Trinajstić information content (AvgIpc) is 2.63. The van der Waals surface area contributed by atoms with E-state index in [1.807, 2.05) is 18.0 Å². The Morgan fingerprint density at radius 1 is 1.80 bits per heavy atom. The Morgan fingerprint density at radius 2 is 2.53 bits per heavy atom. The highest BCUT2D eigenvalue weighted by atomic mass is 16.5. The third kappa shape index (κ3) is 3.40. The highest BCUT2D eigenvalue weighted by molar-refractivity contribution is 5.85. The molecule has 15 heavy (non-hydrogen) atoms. The van der Waals surface area contributed by atoms with Crippen LogP contribution in [-0.4, -0.2) is 34.7 Å². The van der Waals surface area contributed by atoms with Gasteiger partial charge in [0.25, 0.3) is 0 Å². The summed E-state index contributed by atoms with van der Waals surface area (Å²) in [5, 5.41) is 20.3. The van der Waals surface area contributed by atoms with Crippen molar-refractivity contribution in [3.8, 4) is 6.07 Å². The molecule has 0 atom stereocenters. The molecule has 6 nitrogen and oxygen atoms in total. The van der Waals surface area contributed by atoms with Crippen LogP contribution in [0.2, 0.25) is 0 Å². The van der Waals surface area contributed by atoms with Crippen LogP contribution in [0.25, 0.3) is 0 Å². The molecule has 0 radical (unpaired) electrons. The Balaban J connectivity index is 2.50. The fourth-order valence-corrected chi connectivity index (χ4v) is 1.07. The predicted molar refractivity (Wildman–Crippen MR) is 50.0 cm³/mol. The minimum absolute atomic E-state index is 0.0984. The van der Waals surface area contributed by atoms with E-state index in [2.05, 4.69) is 5.16 Å². The maximum atomic E-state index is 10.5. The van der Waals surface area contributed by atoms with E-state index in [0.29, 0.717) is 25.3 Å². The SMILES string of the molecule is CN(CCC#N)Cc1cc(C(=O)O)no1. The topological polar surface area (TPSA) is 90.4 Å². The second kappa shape index (κ2) is 5.12. The first-order chi connectivity index (χ1) is 7.13. The van der Waals surface area contributed by atoms with E-state index in [9.17, 15) is 4.79 Å². The molecule has 0 aromatic carbocycles. The van der Waals surface area contributed by atoms with E-state index in [-0.39, 0.29) is 5.69 Å². The van der Waals surface area contributed by atoms with Gasteiger partial charge in [-0.05, 0) is 7.05 Å². The Bertz CT molecular complexity index is 380. The zero-order valence-electron chi connectivity index (χ0n) is 8.30. The quantitative estimate of drug-likeness (QED) is 0.768. The molecule has 0 spiro atoms. The van der Waals surface area contributed by atoms with Gasteiger partial charge in [0.1, 0.15) is 0 Å². The monoisotopic (exact) mass is 209 g/mol. The lowest BCUT2D eigenvalue weighted by Gasteiger charge is -2.11. The number of carbonyl (C=O) groups is 1. The molecule has 0 saturated heterocycles. The van der Waals surface area contributed by atoms with Crippen molar-refractivity contribution in [1.29, 1.82) is 5.26 Å². The van der Waals surface area contributed by atoms with Crippen LogP contribution in [0.4, 0.5) is 0 Å². The van der Waals surface area contributed by atoms with E-state index in [4.69, 9.17) is 14.9 Å². The molecule has 1 aromatic heterocycles. The van der Waals surface area contributed by atoms with Gasteiger partial charge in [-0.15, -0.1) is 0 Å². The predicted octanol–water partition coefficient (Wildman–Crippen LogP) is 0.718. The molecule has 1 N–H and O–H groups in total. The molecule has 0 amide bonds. The number of hydrogen-bond acceptors (Lipinski definition) is 5. The van der Waals surface area contributed by atoms with Gasteiger partial charge in [-0.1, -0.05) is 5.16 Å². The van der Waals surface area contributed by atoms with Gasteiger partial charge in [0.2, 0.25) is 0 Å². The van der Waals surface area contributed by atoms with Crippen LogP contribution < -0.4 is 0 Å². The Labute approximate surface area is 86.7 Å². The van der Waals surface area contributed by atoms with Crippen LogP contribution in [0, 0.1) is 11.3 Å². The molecule has 0 aliphatic heterocycles. The van der Waals surface area contributed by atoms with Gasteiger partial charge in [-0.3, -0.25) is 4.90 Å². The van der Waals surface area contributed by atoms with Gasteiger partial charge in [0, 0.05) is 19.0 Å². The third-order valence-electron chi connectivity index (χ3n) is 1.81. The van der Waals surface area contributed by atoms with Crippen molar-refractivity contribution in [2.45, 2.75) is 13.0 Å². The number of aromatic carboxylic acids is 1. The highest BCUT2D eigenvalue weighted by Crippen LogP contribution is 2.06. The van der Waals surface area contributed by atoms with Crippen molar-refractivity contribution in [3.05, 3.63) is 17.5 Å². The first kappa shape index (κ1) is 11.2. The zero-order valence-corrected chi connectivity index (χ0v) is 8.30.